The van der Waals surface area contributed by atoms with Crippen LogP contribution in [0.3, 0.4) is 0 Å². The lowest BCUT2D eigenvalue weighted by Gasteiger charge is -2.21. The summed E-state index contributed by atoms with van der Waals surface area (Å²) < 4.78 is 0. The van der Waals surface area contributed by atoms with Crippen molar-refractivity contribution in [2.75, 3.05) is 0 Å². The van der Waals surface area contributed by atoms with E-state index in [2.05, 4.69) is 33.0 Å². The molecule has 0 unspecified atom stereocenters. The number of hydrogen-bond donors (Lipinski definition) is 3. The van der Waals surface area contributed by atoms with Gasteiger partial charge >= 0.3 is 0 Å². The lowest BCUT2D eigenvalue weighted by Crippen LogP contribution is -2.40. The molecule has 3 N–H and O–H groups in total. The van der Waals surface area contributed by atoms with Crippen molar-refractivity contribution in [3.63, 3.8) is 0 Å². The molecule has 3 rings (SSSR count). The molecule has 0 bridgehead atoms. The lowest BCUT2D eigenvalue weighted by molar-refractivity contribution is 0.427. The minimum atomic E-state index is 0.485. The molecule has 0 amide bonds. The van der Waals surface area contributed by atoms with Gasteiger partial charge in [-0.25, -0.2) is 0 Å². The third-order valence-electron chi connectivity index (χ3n) is 4.43. The Morgan fingerprint density at radius 3 is 2.70 bits per heavy atom. The zero-order valence-corrected chi connectivity index (χ0v) is 14.2. The highest BCUT2D eigenvalue weighted by molar-refractivity contribution is 7.80. The van der Waals surface area contributed by atoms with Gasteiger partial charge in [0.25, 0.3) is 0 Å². The van der Waals surface area contributed by atoms with E-state index in [0.29, 0.717) is 11.2 Å². The Morgan fingerprint density at radius 2 is 1.87 bits per heavy atom. The van der Waals surface area contributed by atoms with Gasteiger partial charge in [-0.3, -0.25) is 5.43 Å². The van der Waals surface area contributed by atoms with Crippen molar-refractivity contribution in [3.05, 3.63) is 36.0 Å². The molecule has 122 valence electrons. The van der Waals surface area contributed by atoms with Crippen LogP contribution in [0.2, 0.25) is 0 Å². The van der Waals surface area contributed by atoms with Crippen molar-refractivity contribution in [1.82, 2.24) is 15.7 Å². The van der Waals surface area contributed by atoms with Crippen molar-refractivity contribution in [3.8, 4) is 0 Å². The van der Waals surface area contributed by atoms with E-state index in [-0.39, 0.29) is 0 Å². The number of aromatic amines is 1. The number of rotatable bonds is 3. The maximum Gasteiger partial charge on any atom is 0.187 e. The fourth-order valence-electron chi connectivity index (χ4n) is 3.18. The molecule has 4 nitrogen and oxygen atoms in total. The molecular formula is C18H24N4S. The second-order valence-electron chi connectivity index (χ2n) is 6.18. The summed E-state index contributed by atoms with van der Waals surface area (Å²) in [4.78, 5) is 3.24. The molecule has 0 aliphatic heterocycles. The molecule has 0 radical (unpaired) electrons. The summed E-state index contributed by atoms with van der Waals surface area (Å²) in [6, 6.07) is 8.67. The number of aromatic nitrogens is 1. The van der Waals surface area contributed by atoms with Gasteiger partial charge in [0.1, 0.15) is 0 Å². The summed E-state index contributed by atoms with van der Waals surface area (Å²) in [7, 11) is 0. The van der Waals surface area contributed by atoms with Crippen LogP contribution in [0.1, 0.15) is 50.5 Å². The van der Waals surface area contributed by atoms with Gasteiger partial charge in [0.2, 0.25) is 0 Å². The number of nitrogens with zero attached hydrogens (tertiary/aromatic N) is 1. The van der Waals surface area contributed by atoms with Gasteiger partial charge in [-0.05, 0) is 31.1 Å². The highest BCUT2D eigenvalue weighted by Gasteiger charge is 2.11. The summed E-state index contributed by atoms with van der Waals surface area (Å²) in [5.74, 6) is 0. The third-order valence-corrected chi connectivity index (χ3v) is 4.64. The maximum atomic E-state index is 5.36. The standard InChI is InChI=1S/C18H24N4S/c23-18(21-15-8-4-2-1-3-5-9-15)22-20-13-14-12-19-17-11-7-6-10-16(14)17/h6-7,10-13,15,19H,1-5,8-9H2,(H2,21,22,23)/b20-13-. The van der Waals surface area contributed by atoms with Gasteiger partial charge in [-0.15, -0.1) is 0 Å². The molecule has 1 aliphatic carbocycles. The molecule has 1 fully saturated rings. The molecule has 0 spiro atoms. The Bertz CT molecular complexity index is 668. The minimum Gasteiger partial charge on any atom is -0.361 e. The number of nitrogens with one attached hydrogen (secondary N) is 3. The zero-order valence-electron chi connectivity index (χ0n) is 13.3. The van der Waals surface area contributed by atoms with E-state index >= 15 is 0 Å². The fourth-order valence-corrected chi connectivity index (χ4v) is 3.40. The smallest absolute Gasteiger partial charge is 0.187 e. The van der Waals surface area contributed by atoms with E-state index in [4.69, 9.17) is 12.2 Å². The van der Waals surface area contributed by atoms with Crippen LogP contribution < -0.4 is 10.7 Å². The van der Waals surface area contributed by atoms with Crippen molar-refractivity contribution >= 4 is 34.4 Å². The molecular weight excluding hydrogens is 304 g/mol. The summed E-state index contributed by atoms with van der Waals surface area (Å²) in [6.45, 7) is 0. The SMILES string of the molecule is S=C(N/N=C\c1c[nH]c2ccccc12)NC1CCCCCCC1. The quantitative estimate of drug-likeness (QED) is 0.452. The van der Waals surface area contributed by atoms with Crippen molar-refractivity contribution in [1.29, 1.82) is 0 Å². The first-order valence-electron chi connectivity index (χ1n) is 8.48. The average Bonchev–Trinajstić information content (AvgIpc) is 2.93. The van der Waals surface area contributed by atoms with E-state index in [1.165, 1.54) is 44.9 Å². The van der Waals surface area contributed by atoms with Crippen LogP contribution >= 0.6 is 12.2 Å². The number of hydrazone groups is 1. The Kier molecular flexibility index (Phi) is 5.64. The zero-order chi connectivity index (χ0) is 15.9. The number of hydrogen-bond acceptors (Lipinski definition) is 2. The van der Waals surface area contributed by atoms with Gasteiger partial charge < -0.3 is 10.3 Å². The van der Waals surface area contributed by atoms with E-state index in [1.54, 1.807) is 0 Å². The Hall–Kier alpha value is -1.88. The number of thiocarbonyl (C=S) groups is 1. The van der Waals surface area contributed by atoms with Gasteiger partial charge in [-0.1, -0.05) is 50.3 Å². The summed E-state index contributed by atoms with van der Waals surface area (Å²) in [6.07, 6.45) is 12.8. The highest BCUT2D eigenvalue weighted by Crippen LogP contribution is 2.17. The van der Waals surface area contributed by atoms with Gasteiger partial charge in [0.15, 0.2) is 5.11 Å². The van der Waals surface area contributed by atoms with E-state index in [0.717, 1.165) is 16.5 Å². The predicted molar refractivity (Wildman–Crippen MR) is 101 cm³/mol. The highest BCUT2D eigenvalue weighted by atomic mass is 32.1. The molecule has 23 heavy (non-hydrogen) atoms. The van der Waals surface area contributed by atoms with Gasteiger partial charge in [0, 0.05) is 28.7 Å². The first kappa shape index (κ1) is 16.0. The topological polar surface area (TPSA) is 52.2 Å². The first-order valence-corrected chi connectivity index (χ1v) is 8.89. The van der Waals surface area contributed by atoms with Crippen LogP contribution in [-0.4, -0.2) is 22.4 Å². The number of para-hydroxylation sites is 1. The molecule has 1 saturated carbocycles. The molecule has 1 aliphatic rings. The van der Waals surface area contributed by atoms with Crippen LogP contribution in [0.4, 0.5) is 0 Å². The van der Waals surface area contributed by atoms with Crippen LogP contribution in [0.15, 0.2) is 35.6 Å². The normalized spacial score (nSPS) is 17.0. The Labute approximate surface area is 142 Å². The summed E-state index contributed by atoms with van der Waals surface area (Å²) in [5, 5.41) is 9.46. The fraction of sp³-hybridized carbons (Fsp3) is 0.444. The van der Waals surface area contributed by atoms with Crippen molar-refractivity contribution in [2.45, 2.75) is 51.0 Å². The van der Waals surface area contributed by atoms with Crippen molar-refractivity contribution < 1.29 is 0 Å². The van der Waals surface area contributed by atoms with E-state index in [9.17, 15) is 0 Å². The first-order chi connectivity index (χ1) is 11.3. The van der Waals surface area contributed by atoms with Crippen LogP contribution in [0, 0.1) is 0 Å². The van der Waals surface area contributed by atoms with Crippen LogP contribution in [0.5, 0.6) is 0 Å². The summed E-state index contributed by atoms with van der Waals surface area (Å²) in [5.41, 5.74) is 5.12. The van der Waals surface area contributed by atoms with Crippen LogP contribution in [-0.2, 0) is 0 Å². The lowest BCUT2D eigenvalue weighted by atomic mass is 9.97. The molecule has 2 aromatic rings. The average molecular weight is 328 g/mol. The monoisotopic (exact) mass is 328 g/mol. The molecule has 1 heterocycles. The number of benzene rings is 1. The van der Waals surface area contributed by atoms with E-state index < -0.39 is 0 Å². The molecule has 0 atom stereocenters. The molecule has 0 saturated heterocycles. The molecule has 1 aromatic heterocycles. The molecule has 5 heteroatoms. The van der Waals surface area contributed by atoms with Crippen molar-refractivity contribution in [2.24, 2.45) is 5.10 Å². The van der Waals surface area contributed by atoms with Crippen LogP contribution in [0.25, 0.3) is 10.9 Å². The third kappa shape index (κ3) is 4.55. The number of H-pyrrole nitrogens is 1. The maximum absolute atomic E-state index is 5.36. The second-order valence-corrected chi connectivity index (χ2v) is 6.58. The minimum absolute atomic E-state index is 0.485. The Morgan fingerprint density at radius 1 is 1.13 bits per heavy atom. The summed E-state index contributed by atoms with van der Waals surface area (Å²) >= 11 is 5.36. The largest absolute Gasteiger partial charge is 0.361 e. The van der Waals surface area contributed by atoms with Gasteiger partial charge in [-0.2, -0.15) is 5.10 Å². The molecule has 1 aromatic carbocycles. The second kappa shape index (κ2) is 8.11. The van der Waals surface area contributed by atoms with E-state index in [1.807, 2.05) is 24.5 Å². The predicted octanol–water partition coefficient (Wildman–Crippen LogP) is 4.08. The van der Waals surface area contributed by atoms with Gasteiger partial charge in [0.05, 0.1) is 6.21 Å². The number of fused-ring (bicyclic) bond motifs is 1. The Balaban J connectivity index is 1.51.